The summed E-state index contributed by atoms with van der Waals surface area (Å²) in [5.74, 6) is 0.950. The van der Waals surface area contributed by atoms with Crippen LogP contribution in [-0.2, 0) is 20.4 Å². The molecule has 0 bridgehead atoms. The smallest absolute Gasteiger partial charge is 0.320 e. The molecule has 1 fully saturated rings. The minimum atomic E-state index is -1.15. The molecule has 6 atom stereocenters. The molecule has 1 unspecified atom stereocenters. The lowest BCUT2D eigenvalue weighted by atomic mass is 10.1. The van der Waals surface area contributed by atoms with E-state index in [1.165, 1.54) is 6.33 Å². The normalized spacial score (nSPS) is 28.6. The fraction of sp³-hybridized carbons (Fsp3) is 0.667. The van der Waals surface area contributed by atoms with Gasteiger partial charge in [0.2, 0.25) is 0 Å². The molecular weight excluding hydrogens is 390 g/mol. The van der Waals surface area contributed by atoms with Crippen LogP contribution in [0.25, 0.3) is 0 Å². The third kappa shape index (κ3) is 4.09. The van der Waals surface area contributed by atoms with Gasteiger partial charge in [0.1, 0.15) is 47.9 Å². The molecule has 0 amide bonds. The Balaban J connectivity index is 1.64. The van der Waals surface area contributed by atoms with Gasteiger partial charge in [0, 0.05) is 17.3 Å². The van der Waals surface area contributed by atoms with Crippen molar-refractivity contribution in [3.63, 3.8) is 0 Å². The van der Waals surface area contributed by atoms with Gasteiger partial charge < -0.3 is 41.7 Å². The van der Waals surface area contributed by atoms with Crippen molar-refractivity contribution in [2.24, 2.45) is 11.5 Å². The van der Waals surface area contributed by atoms with Gasteiger partial charge in [-0.3, -0.25) is 10.5 Å². The van der Waals surface area contributed by atoms with Crippen LogP contribution in [0.5, 0.6) is 0 Å². The molecule has 1 saturated heterocycles. The summed E-state index contributed by atoms with van der Waals surface area (Å²) in [7, 11) is -0.401. The third-order valence-electron chi connectivity index (χ3n) is 4.87. The maximum absolute atomic E-state index is 10.9. The molecule has 2 aliphatic heterocycles. The number of aromatic nitrogens is 2. The number of carboxylic acid groups (broad SMARTS) is 1. The van der Waals surface area contributed by atoms with E-state index in [-0.39, 0.29) is 12.2 Å². The Kier molecular flexibility index (Phi) is 6.42. The van der Waals surface area contributed by atoms with E-state index in [1.807, 2.05) is 0 Å². The van der Waals surface area contributed by atoms with Crippen LogP contribution in [0.2, 0.25) is 0 Å². The van der Waals surface area contributed by atoms with Crippen molar-refractivity contribution in [3.8, 4) is 0 Å². The molecule has 0 saturated carbocycles. The first kappa shape index (κ1) is 20.8. The second-order valence-corrected chi connectivity index (χ2v) is 8.99. The summed E-state index contributed by atoms with van der Waals surface area (Å²) < 4.78 is 5.94. The van der Waals surface area contributed by atoms with Gasteiger partial charge in [0.05, 0.1) is 6.67 Å². The van der Waals surface area contributed by atoms with E-state index in [1.54, 1.807) is 4.90 Å². The predicted octanol–water partition coefficient (Wildman–Crippen LogP) is -2.97. The van der Waals surface area contributed by atoms with E-state index in [0.29, 0.717) is 35.6 Å². The second kappa shape index (κ2) is 8.63. The first-order chi connectivity index (χ1) is 13.3. The zero-order chi connectivity index (χ0) is 20.4. The average Bonchev–Trinajstić information content (AvgIpc) is 3.21. The van der Waals surface area contributed by atoms with Crippen molar-refractivity contribution >= 4 is 34.2 Å². The number of nitrogens with zero attached hydrogens (tertiary/aromatic N) is 3. The fourth-order valence-corrected chi connectivity index (χ4v) is 5.03. The first-order valence-electron chi connectivity index (χ1n) is 8.78. The molecule has 0 spiro atoms. The van der Waals surface area contributed by atoms with Crippen molar-refractivity contribution < 1.29 is 24.9 Å². The molecule has 156 valence electrons. The Morgan fingerprint density at radius 1 is 1.43 bits per heavy atom. The maximum atomic E-state index is 10.9. The number of hydrogen-bond donors (Lipinski definition) is 7. The molecule has 1 aromatic rings. The highest BCUT2D eigenvalue weighted by Crippen LogP contribution is 2.37. The number of ether oxygens (including phenoxy) is 1. The molecule has 0 radical (unpaired) electrons. The van der Waals surface area contributed by atoms with Gasteiger partial charge in [0.15, 0.2) is 23.7 Å². The highest BCUT2D eigenvalue weighted by molar-refractivity contribution is 7.96. The van der Waals surface area contributed by atoms with Crippen LogP contribution in [0.1, 0.15) is 6.42 Å². The summed E-state index contributed by atoms with van der Waals surface area (Å²) in [5.41, 5.74) is 17.7. The van der Waals surface area contributed by atoms with Crippen LogP contribution in [-0.4, -0.2) is 85.9 Å². The number of rotatable bonds is 8. The number of aliphatic carboxylic acids is 1. The minimum Gasteiger partial charge on any atom is -0.480 e. The summed E-state index contributed by atoms with van der Waals surface area (Å²) >= 11 is 0. The number of anilines is 3. The molecule has 1 aromatic heterocycles. The van der Waals surface area contributed by atoms with Gasteiger partial charge in [-0.25, -0.2) is 9.97 Å². The standard InChI is InChI=1S/C15H25N7O5S/c16-4-28(2-1-7(17)15(25)26)3-8-10(23)11(24)14(27-8)22-6-21-9-12(18)19-5-20-13(9)22/h5,7-8,10-11,14,21,23-24H,1-4,6,16-17H2,(H2-,18,19,20,25,26)/p+1/t7-,8+,10+,11+,14+,28?/m0/s1. The van der Waals surface area contributed by atoms with E-state index in [2.05, 4.69) is 15.3 Å². The molecule has 13 heteroatoms. The zero-order valence-corrected chi connectivity index (χ0v) is 16.0. The SMILES string of the molecule is NC[S+](CC[C@H](N)C(=O)O)C[C@H]1O[C@@H](N2CNc3c(N)ncnc32)[C@H](O)[C@@H]1O. The van der Waals surface area contributed by atoms with Crippen molar-refractivity contribution in [1.29, 1.82) is 0 Å². The first-order valence-corrected chi connectivity index (χ1v) is 10.5. The largest absolute Gasteiger partial charge is 0.480 e. The summed E-state index contributed by atoms with van der Waals surface area (Å²) in [5, 5.41) is 32.9. The molecule has 28 heavy (non-hydrogen) atoms. The van der Waals surface area contributed by atoms with Crippen LogP contribution in [0.15, 0.2) is 6.33 Å². The number of fused-ring (bicyclic) bond motifs is 1. The number of hydrogen-bond acceptors (Lipinski definition) is 11. The molecule has 3 heterocycles. The summed E-state index contributed by atoms with van der Waals surface area (Å²) in [6.45, 7) is 0.301. The van der Waals surface area contributed by atoms with Crippen molar-refractivity contribution in [1.82, 2.24) is 9.97 Å². The Hall–Kier alpha value is -1.90. The van der Waals surface area contributed by atoms with Crippen molar-refractivity contribution in [3.05, 3.63) is 6.33 Å². The van der Waals surface area contributed by atoms with Crippen LogP contribution in [0.3, 0.4) is 0 Å². The van der Waals surface area contributed by atoms with Gasteiger partial charge in [-0.15, -0.1) is 0 Å². The Morgan fingerprint density at radius 2 is 2.18 bits per heavy atom. The summed E-state index contributed by atoms with van der Waals surface area (Å²) in [4.78, 5) is 20.7. The number of nitrogen functional groups attached to an aromatic ring is 1. The van der Waals surface area contributed by atoms with E-state index in [9.17, 15) is 15.0 Å². The zero-order valence-electron chi connectivity index (χ0n) is 15.1. The molecule has 10 N–H and O–H groups in total. The number of nitrogens with one attached hydrogen (secondary N) is 1. The third-order valence-corrected chi connectivity index (χ3v) is 6.95. The van der Waals surface area contributed by atoms with Gasteiger partial charge in [-0.05, 0) is 0 Å². The van der Waals surface area contributed by atoms with E-state index < -0.39 is 47.4 Å². The number of carboxylic acids is 1. The topological polar surface area (TPSA) is 206 Å². The molecule has 2 aliphatic rings. The lowest BCUT2D eigenvalue weighted by Gasteiger charge is -2.26. The predicted molar refractivity (Wildman–Crippen MR) is 104 cm³/mol. The van der Waals surface area contributed by atoms with Crippen molar-refractivity contribution in [2.45, 2.75) is 37.0 Å². The molecular formula is C15H26N7O5S+. The van der Waals surface area contributed by atoms with Gasteiger partial charge in [-0.1, -0.05) is 0 Å². The van der Waals surface area contributed by atoms with E-state index in [0.717, 1.165) is 0 Å². The summed E-state index contributed by atoms with van der Waals surface area (Å²) in [6.07, 6.45) is -2.12. The van der Waals surface area contributed by atoms with Crippen LogP contribution in [0.4, 0.5) is 17.3 Å². The molecule has 12 nitrogen and oxygen atoms in total. The van der Waals surface area contributed by atoms with Gasteiger partial charge >= 0.3 is 5.97 Å². The lowest BCUT2D eigenvalue weighted by Crippen LogP contribution is -2.44. The number of nitrogens with two attached hydrogens (primary N) is 3. The van der Waals surface area contributed by atoms with E-state index in [4.69, 9.17) is 27.0 Å². The van der Waals surface area contributed by atoms with Crippen LogP contribution < -0.4 is 27.4 Å². The Bertz CT molecular complexity index is 713. The van der Waals surface area contributed by atoms with Gasteiger partial charge in [0.25, 0.3) is 0 Å². The fourth-order valence-electron chi connectivity index (χ4n) is 3.23. The molecule has 0 aliphatic carbocycles. The number of aliphatic hydroxyl groups is 2. The quantitative estimate of drug-likeness (QED) is 0.212. The Morgan fingerprint density at radius 3 is 2.86 bits per heavy atom. The summed E-state index contributed by atoms with van der Waals surface area (Å²) in [6, 6.07) is -0.952. The lowest BCUT2D eigenvalue weighted by molar-refractivity contribution is -0.138. The average molecular weight is 416 g/mol. The van der Waals surface area contributed by atoms with E-state index >= 15 is 0 Å². The second-order valence-electron chi connectivity index (χ2n) is 6.69. The molecule has 0 aromatic carbocycles. The Labute approximate surface area is 164 Å². The monoisotopic (exact) mass is 416 g/mol. The minimum absolute atomic E-state index is 0.282. The number of aliphatic hydroxyl groups excluding tert-OH is 2. The maximum Gasteiger partial charge on any atom is 0.320 e. The van der Waals surface area contributed by atoms with Crippen LogP contribution in [0, 0.1) is 0 Å². The highest BCUT2D eigenvalue weighted by atomic mass is 32.2. The van der Waals surface area contributed by atoms with Crippen molar-refractivity contribution in [2.75, 3.05) is 40.0 Å². The van der Waals surface area contributed by atoms with Gasteiger partial charge in [-0.2, -0.15) is 0 Å². The van der Waals surface area contributed by atoms with Crippen LogP contribution >= 0.6 is 0 Å². The highest BCUT2D eigenvalue weighted by Gasteiger charge is 2.49. The molecule has 3 rings (SSSR count). The number of carbonyl (C=O) groups is 1.